The summed E-state index contributed by atoms with van der Waals surface area (Å²) in [6.45, 7) is 2.32. The monoisotopic (exact) mass is 322 g/mol. The van der Waals surface area contributed by atoms with E-state index in [1.165, 1.54) is 17.1 Å². The van der Waals surface area contributed by atoms with Crippen LogP contribution in [0.15, 0.2) is 30.6 Å². The van der Waals surface area contributed by atoms with Crippen LogP contribution < -0.4 is 5.32 Å². The van der Waals surface area contributed by atoms with Crippen LogP contribution >= 0.6 is 11.6 Å². The number of benzene rings is 1. The maximum atomic E-state index is 11.9. The number of carbonyl (C=O) groups is 1. The van der Waals surface area contributed by atoms with Gasteiger partial charge < -0.3 is 5.32 Å². The Labute approximate surface area is 132 Å². The number of carbonyl (C=O) groups excluding carboxylic acids is 1. The second-order valence-electron chi connectivity index (χ2n) is 4.83. The van der Waals surface area contributed by atoms with E-state index in [0.29, 0.717) is 30.1 Å². The van der Waals surface area contributed by atoms with E-state index in [1.807, 2.05) is 13.0 Å². The second kappa shape index (κ2) is 7.04. The lowest BCUT2D eigenvalue weighted by Gasteiger charge is -2.08. The molecule has 2 aromatic rings. The molecule has 0 saturated carbocycles. The Morgan fingerprint density at radius 2 is 2.27 bits per heavy atom. The number of amides is 1. The predicted octanol–water partition coefficient (Wildman–Crippen LogP) is 3.17. The highest BCUT2D eigenvalue weighted by atomic mass is 35.5. The fraction of sp³-hybridized carbons (Fsp3) is 0.286. The molecule has 2 rings (SSSR count). The molecule has 0 atom stereocenters. The zero-order valence-electron chi connectivity index (χ0n) is 12.0. The Kier molecular flexibility index (Phi) is 5.11. The van der Waals surface area contributed by atoms with E-state index in [9.17, 15) is 14.9 Å². The van der Waals surface area contributed by atoms with Gasteiger partial charge in [-0.25, -0.2) is 0 Å². The van der Waals surface area contributed by atoms with Crippen molar-refractivity contribution in [2.75, 3.05) is 5.32 Å². The first-order valence-corrected chi connectivity index (χ1v) is 7.06. The van der Waals surface area contributed by atoms with Crippen molar-refractivity contribution in [1.82, 2.24) is 9.78 Å². The Bertz CT molecular complexity index is 699. The number of aromatic nitrogens is 2. The number of nitrogens with one attached hydrogen (secondary N) is 1. The summed E-state index contributed by atoms with van der Waals surface area (Å²) in [7, 11) is 0. The molecule has 0 fully saturated rings. The summed E-state index contributed by atoms with van der Waals surface area (Å²) in [6, 6.07) is 5.30. The van der Waals surface area contributed by atoms with Gasteiger partial charge in [-0.05, 0) is 31.0 Å². The van der Waals surface area contributed by atoms with Gasteiger partial charge in [0.1, 0.15) is 12.4 Å². The van der Waals surface area contributed by atoms with Gasteiger partial charge in [0, 0.05) is 23.7 Å². The Hall–Kier alpha value is -2.41. The van der Waals surface area contributed by atoms with Crippen molar-refractivity contribution < 1.29 is 9.72 Å². The van der Waals surface area contributed by atoms with E-state index in [-0.39, 0.29) is 11.6 Å². The molecule has 1 aromatic heterocycles. The SMILES string of the molecule is Cc1ccc(Cl)cc1NC(=O)CCCn1cc([N+](=O)[O-])cn1. The third kappa shape index (κ3) is 4.29. The maximum Gasteiger partial charge on any atom is 0.306 e. The van der Waals surface area contributed by atoms with Gasteiger partial charge in [0.2, 0.25) is 5.91 Å². The molecule has 0 unspecified atom stereocenters. The first kappa shape index (κ1) is 16.0. The van der Waals surface area contributed by atoms with E-state index in [1.54, 1.807) is 12.1 Å². The molecule has 8 heteroatoms. The van der Waals surface area contributed by atoms with Gasteiger partial charge in [-0.2, -0.15) is 5.10 Å². The largest absolute Gasteiger partial charge is 0.326 e. The topological polar surface area (TPSA) is 90.1 Å². The Morgan fingerprint density at radius 1 is 1.50 bits per heavy atom. The van der Waals surface area contributed by atoms with E-state index >= 15 is 0 Å². The minimum absolute atomic E-state index is 0.0565. The van der Waals surface area contributed by atoms with Crippen LogP contribution in [0.2, 0.25) is 5.02 Å². The van der Waals surface area contributed by atoms with Gasteiger partial charge in [0.15, 0.2) is 0 Å². The molecule has 0 saturated heterocycles. The van der Waals surface area contributed by atoms with Gasteiger partial charge in [-0.3, -0.25) is 19.6 Å². The van der Waals surface area contributed by atoms with Gasteiger partial charge >= 0.3 is 5.69 Å². The van der Waals surface area contributed by atoms with E-state index < -0.39 is 4.92 Å². The summed E-state index contributed by atoms with van der Waals surface area (Å²) in [5.41, 5.74) is 1.56. The fourth-order valence-corrected chi connectivity index (χ4v) is 2.08. The number of rotatable bonds is 6. The van der Waals surface area contributed by atoms with Crippen LogP contribution in [-0.2, 0) is 11.3 Å². The van der Waals surface area contributed by atoms with Gasteiger partial charge in [0.05, 0.1) is 4.92 Å². The quantitative estimate of drug-likeness (QED) is 0.653. The number of nitro groups is 1. The summed E-state index contributed by atoms with van der Waals surface area (Å²) in [4.78, 5) is 21.9. The highest BCUT2D eigenvalue weighted by Gasteiger charge is 2.09. The van der Waals surface area contributed by atoms with Crippen molar-refractivity contribution in [3.63, 3.8) is 0 Å². The van der Waals surface area contributed by atoms with Crippen LogP contribution in [0.25, 0.3) is 0 Å². The summed E-state index contributed by atoms with van der Waals surface area (Å²) in [6.07, 6.45) is 3.36. The van der Waals surface area contributed by atoms with Crippen molar-refractivity contribution in [1.29, 1.82) is 0 Å². The second-order valence-corrected chi connectivity index (χ2v) is 5.27. The number of halogens is 1. The molecule has 116 valence electrons. The molecule has 0 aliphatic rings. The summed E-state index contributed by atoms with van der Waals surface area (Å²) < 4.78 is 1.45. The summed E-state index contributed by atoms with van der Waals surface area (Å²) >= 11 is 5.89. The van der Waals surface area contributed by atoms with Gasteiger partial charge in [-0.15, -0.1) is 0 Å². The third-order valence-corrected chi connectivity index (χ3v) is 3.33. The van der Waals surface area contributed by atoms with Crippen LogP contribution in [0.1, 0.15) is 18.4 Å². The number of hydrogen-bond donors (Lipinski definition) is 1. The minimum Gasteiger partial charge on any atom is -0.326 e. The van der Waals surface area contributed by atoms with Gasteiger partial charge in [0.25, 0.3) is 0 Å². The molecule has 1 amide bonds. The zero-order chi connectivity index (χ0) is 16.1. The molecule has 1 N–H and O–H groups in total. The molecule has 7 nitrogen and oxygen atoms in total. The highest BCUT2D eigenvalue weighted by Crippen LogP contribution is 2.20. The molecule has 0 radical (unpaired) electrons. The molecule has 1 aromatic carbocycles. The van der Waals surface area contributed by atoms with E-state index in [0.717, 1.165) is 5.56 Å². The van der Waals surface area contributed by atoms with Gasteiger partial charge in [-0.1, -0.05) is 17.7 Å². The van der Waals surface area contributed by atoms with E-state index in [4.69, 9.17) is 11.6 Å². The van der Waals surface area contributed by atoms with Crippen LogP contribution in [0.4, 0.5) is 11.4 Å². The molecule has 22 heavy (non-hydrogen) atoms. The molecular formula is C14H15ClN4O3. The van der Waals surface area contributed by atoms with Crippen LogP contribution in [-0.4, -0.2) is 20.6 Å². The van der Waals surface area contributed by atoms with Crippen LogP contribution in [0.3, 0.4) is 0 Å². The number of nitrogens with zero attached hydrogens (tertiary/aromatic N) is 3. The zero-order valence-corrected chi connectivity index (χ0v) is 12.7. The lowest BCUT2D eigenvalue weighted by Crippen LogP contribution is -2.13. The normalized spacial score (nSPS) is 10.5. The van der Waals surface area contributed by atoms with Crippen molar-refractivity contribution >= 4 is 28.9 Å². The van der Waals surface area contributed by atoms with Crippen molar-refractivity contribution in [3.05, 3.63) is 51.3 Å². The first-order chi connectivity index (χ1) is 10.5. The lowest BCUT2D eigenvalue weighted by atomic mass is 10.2. The minimum atomic E-state index is -0.502. The highest BCUT2D eigenvalue weighted by molar-refractivity contribution is 6.31. The van der Waals surface area contributed by atoms with Crippen LogP contribution in [0, 0.1) is 17.0 Å². The average Bonchev–Trinajstić information content (AvgIpc) is 2.92. The van der Waals surface area contributed by atoms with Crippen molar-refractivity contribution in [2.24, 2.45) is 0 Å². The standard InChI is InChI=1S/C14H15ClN4O3/c1-10-4-5-11(15)7-13(10)17-14(20)3-2-6-18-9-12(8-16-18)19(21)22/h4-5,7-9H,2-3,6H2,1H3,(H,17,20). The Balaban J connectivity index is 1.82. The summed E-state index contributed by atoms with van der Waals surface area (Å²) in [5.74, 6) is -0.132. The summed E-state index contributed by atoms with van der Waals surface area (Å²) in [5, 5.41) is 17.8. The molecule has 1 heterocycles. The third-order valence-electron chi connectivity index (χ3n) is 3.10. The molecule has 0 aliphatic carbocycles. The average molecular weight is 323 g/mol. The van der Waals surface area contributed by atoms with Crippen molar-refractivity contribution in [2.45, 2.75) is 26.3 Å². The van der Waals surface area contributed by atoms with Crippen molar-refractivity contribution in [3.8, 4) is 0 Å². The molecule has 0 aliphatic heterocycles. The Morgan fingerprint density at radius 3 is 2.95 bits per heavy atom. The molecular weight excluding hydrogens is 308 g/mol. The maximum absolute atomic E-state index is 11.9. The van der Waals surface area contributed by atoms with E-state index in [2.05, 4.69) is 10.4 Å². The lowest BCUT2D eigenvalue weighted by molar-refractivity contribution is -0.385. The number of aryl methyl sites for hydroxylation is 2. The first-order valence-electron chi connectivity index (χ1n) is 6.68. The fourth-order valence-electron chi connectivity index (χ4n) is 1.91. The smallest absolute Gasteiger partial charge is 0.306 e. The molecule has 0 spiro atoms. The number of hydrogen-bond acceptors (Lipinski definition) is 4. The number of anilines is 1. The predicted molar refractivity (Wildman–Crippen MR) is 82.9 cm³/mol. The van der Waals surface area contributed by atoms with Crippen LogP contribution in [0.5, 0.6) is 0 Å². The molecule has 0 bridgehead atoms.